The van der Waals surface area contributed by atoms with Gasteiger partial charge in [-0.05, 0) is 55.3 Å². The molecule has 0 bridgehead atoms. The molecule has 4 rings (SSSR count). The summed E-state index contributed by atoms with van der Waals surface area (Å²) >= 11 is 1.38. The number of Topliss-reactive ketones (excluding diaryl/α,β-unsaturated/α-hetero) is 1. The van der Waals surface area contributed by atoms with E-state index in [2.05, 4.69) is 36.3 Å². The number of benzene rings is 2. The van der Waals surface area contributed by atoms with Crippen LogP contribution in [0, 0.1) is 13.8 Å². The summed E-state index contributed by atoms with van der Waals surface area (Å²) in [6.07, 6.45) is 3.62. The maximum absolute atomic E-state index is 12.6. The molecule has 0 fully saturated rings. The molecule has 28 heavy (non-hydrogen) atoms. The number of hydrogen-bond donors (Lipinski definition) is 1. The molecule has 3 aromatic rings. The minimum atomic E-state index is -0.220. The smallest absolute Gasteiger partial charge is 0.262 e. The summed E-state index contributed by atoms with van der Waals surface area (Å²) in [6.45, 7) is 4.15. The Kier molecular flexibility index (Phi) is 4.92. The van der Waals surface area contributed by atoms with E-state index in [1.165, 1.54) is 22.9 Å². The third-order valence-corrected chi connectivity index (χ3v) is 5.61. The molecule has 0 aliphatic carbocycles. The zero-order valence-electron chi connectivity index (χ0n) is 15.6. The van der Waals surface area contributed by atoms with Crippen LogP contribution in [0.4, 0.5) is 5.69 Å². The molecule has 1 amide bonds. The highest BCUT2D eigenvalue weighted by atomic mass is 32.2. The zero-order chi connectivity index (χ0) is 19.7. The van der Waals surface area contributed by atoms with Crippen LogP contribution in [-0.2, 0) is 4.79 Å². The van der Waals surface area contributed by atoms with Gasteiger partial charge < -0.3 is 10.1 Å². The molecule has 1 aromatic heterocycles. The van der Waals surface area contributed by atoms with Gasteiger partial charge in [0.25, 0.3) is 5.91 Å². The number of ketones is 1. The lowest BCUT2D eigenvalue weighted by Gasteiger charge is -2.18. The van der Waals surface area contributed by atoms with Gasteiger partial charge >= 0.3 is 0 Å². The standard InChI is InChI=1S/C21H19N3O3S/c1-13-3-5-16(9-14(13)2)24-8-7-22-21(24)28-12-18(25)15-4-6-19-17(10-15)23-20(26)11-27-19/h3-10H,11-12H2,1-2H3,(H,23,26). The Bertz CT molecular complexity index is 1070. The van der Waals surface area contributed by atoms with Crippen LogP contribution in [0.1, 0.15) is 21.5 Å². The highest BCUT2D eigenvalue weighted by Gasteiger charge is 2.18. The van der Waals surface area contributed by atoms with E-state index >= 15 is 0 Å². The number of hydrogen-bond acceptors (Lipinski definition) is 5. The number of nitrogens with zero attached hydrogens (tertiary/aromatic N) is 2. The van der Waals surface area contributed by atoms with E-state index in [0.717, 1.165) is 10.8 Å². The van der Waals surface area contributed by atoms with Crippen LogP contribution >= 0.6 is 11.8 Å². The van der Waals surface area contributed by atoms with E-state index < -0.39 is 0 Å². The van der Waals surface area contributed by atoms with E-state index in [-0.39, 0.29) is 24.1 Å². The lowest BCUT2D eigenvalue weighted by molar-refractivity contribution is -0.118. The number of carbonyl (C=O) groups excluding carboxylic acids is 2. The van der Waals surface area contributed by atoms with Gasteiger partial charge in [-0.15, -0.1) is 0 Å². The van der Waals surface area contributed by atoms with Crippen molar-refractivity contribution in [2.45, 2.75) is 19.0 Å². The third kappa shape index (κ3) is 3.66. The Morgan fingerprint density at radius 1 is 1.21 bits per heavy atom. The van der Waals surface area contributed by atoms with Gasteiger partial charge in [-0.3, -0.25) is 14.2 Å². The highest BCUT2D eigenvalue weighted by molar-refractivity contribution is 7.99. The van der Waals surface area contributed by atoms with Crippen molar-refractivity contribution in [1.29, 1.82) is 0 Å². The van der Waals surface area contributed by atoms with E-state index in [1.807, 2.05) is 16.8 Å². The van der Waals surface area contributed by atoms with E-state index in [0.29, 0.717) is 17.0 Å². The number of rotatable bonds is 5. The number of aromatic nitrogens is 2. The quantitative estimate of drug-likeness (QED) is 0.527. The van der Waals surface area contributed by atoms with Gasteiger partial charge in [0.1, 0.15) is 5.75 Å². The third-order valence-electron chi connectivity index (χ3n) is 4.64. The van der Waals surface area contributed by atoms with Crippen molar-refractivity contribution < 1.29 is 14.3 Å². The molecule has 0 unspecified atom stereocenters. The molecule has 1 aliphatic heterocycles. The second kappa shape index (κ2) is 7.52. The van der Waals surface area contributed by atoms with Crippen LogP contribution in [0.5, 0.6) is 5.75 Å². The normalized spacial score (nSPS) is 12.9. The van der Waals surface area contributed by atoms with Gasteiger partial charge in [-0.2, -0.15) is 0 Å². The van der Waals surface area contributed by atoms with Crippen molar-refractivity contribution >= 4 is 29.1 Å². The minimum absolute atomic E-state index is 0.00269. The number of nitrogens with one attached hydrogen (secondary N) is 1. The van der Waals surface area contributed by atoms with Crippen LogP contribution in [0.2, 0.25) is 0 Å². The summed E-state index contributed by atoms with van der Waals surface area (Å²) in [5.74, 6) is 0.563. The van der Waals surface area contributed by atoms with Crippen molar-refractivity contribution in [2.24, 2.45) is 0 Å². The Morgan fingerprint density at radius 3 is 2.89 bits per heavy atom. The number of anilines is 1. The maximum Gasteiger partial charge on any atom is 0.262 e. The van der Waals surface area contributed by atoms with Crippen molar-refractivity contribution in [3.8, 4) is 11.4 Å². The first kappa shape index (κ1) is 18.3. The van der Waals surface area contributed by atoms with Crippen LogP contribution in [-0.4, -0.2) is 33.6 Å². The van der Waals surface area contributed by atoms with Gasteiger partial charge in [0.15, 0.2) is 17.5 Å². The fraction of sp³-hybridized carbons (Fsp3) is 0.190. The predicted octanol–water partition coefficient (Wildman–Crippen LogP) is 3.80. The number of aryl methyl sites for hydroxylation is 2. The average molecular weight is 393 g/mol. The number of amides is 1. The molecule has 0 saturated carbocycles. The molecular formula is C21H19N3O3S. The first-order valence-corrected chi connectivity index (χ1v) is 9.83. The largest absolute Gasteiger partial charge is 0.482 e. The summed E-state index contributed by atoms with van der Waals surface area (Å²) in [7, 11) is 0. The van der Waals surface area contributed by atoms with Crippen molar-refractivity contribution in [1.82, 2.24) is 9.55 Å². The molecular weight excluding hydrogens is 374 g/mol. The number of carbonyl (C=O) groups is 2. The van der Waals surface area contributed by atoms with Gasteiger partial charge in [0.05, 0.1) is 11.4 Å². The Labute approximate surface area is 166 Å². The molecule has 0 spiro atoms. The average Bonchev–Trinajstić information content (AvgIpc) is 3.16. The number of thioether (sulfide) groups is 1. The van der Waals surface area contributed by atoms with E-state index in [4.69, 9.17) is 4.74 Å². The fourth-order valence-corrected chi connectivity index (χ4v) is 3.81. The SMILES string of the molecule is Cc1ccc(-n2ccnc2SCC(=O)c2ccc3c(c2)NC(=O)CO3)cc1C. The zero-order valence-corrected chi connectivity index (χ0v) is 16.4. The maximum atomic E-state index is 12.6. The van der Waals surface area contributed by atoms with Crippen LogP contribution in [0.15, 0.2) is 53.9 Å². The molecule has 0 atom stereocenters. The topological polar surface area (TPSA) is 73.2 Å². The van der Waals surface area contributed by atoms with E-state index in [1.54, 1.807) is 24.4 Å². The molecule has 0 saturated heterocycles. The number of fused-ring (bicyclic) bond motifs is 1. The summed E-state index contributed by atoms with van der Waals surface area (Å²) in [5, 5.41) is 3.48. The molecule has 1 aliphatic rings. The second-order valence-electron chi connectivity index (χ2n) is 6.61. The first-order valence-electron chi connectivity index (χ1n) is 8.85. The summed E-state index contributed by atoms with van der Waals surface area (Å²) in [5.41, 5.74) is 4.52. The monoisotopic (exact) mass is 393 g/mol. The van der Waals surface area contributed by atoms with Gasteiger partial charge in [-0.1, -0.05) is 17.8 Å². The predicted molar refractivity (Wildman–Crippen MR) is 109 cm³/mol. The molecule has 7 heteroatoms. The summed E-state index contributed by atoms with van der Waals surface area (Å²) < 4.78 is 7.31. The molecule has 0 radical (unpaired) electrons. The number of ether oxygens (including phenoxy) is 1. The Morgan fingerprint density at radius 2 is 2.07 bits per heavy atom. The van der Waals surface area contributed by atoms with Crippen LogP contribution in [0.3, 0.4) is 0 Å². The lowest BCUT2D eigenvalue weighted by atomic mass is 10.1. The molecule has 142 valence electrons. The van der Waals surface area contributed by atoms with Crippen LogP contribution in [0.25, 0.3) is 5.69 Å². The molecule has 2 aromatic carbocycles. The lowest BCUT2D eigenvalue weighted by Crippen LogP contribution is -2.25. The fourth-order valence-electron chi connectivity index (χ4n) is 2.94. The van der Waals surface area contributed by atoms with Crippen LogP contribution < -0.4 is 10.1 Å². The molecule has 6 nitrogen and oxygen atoms in total. The van der Waals surface area contributed by atoms with Gasteiger partial charge in [0.2, 0.25) is 0 Å². The second-order valence-corrected chi connectivity index (χ2v) is 7.55. The van der Waals surface area contributed by atoms with Gasteiger partial charge in [0, 0.05) is 23.6 Å². The number of imidazole rings is 1. The van der Waals surface area contributed by atoms with Gasteiger partial charge in [-0.25, -0.2) is 4.98 Å². The highest BCUT2D eigenvalue weighted by Crippen LogP contribution is 2.29. The summed E-state index contributed by atoms with van der Waals surface area (Å²) in [6, 6.07) is 11.3. The minimum Gasteiger partial charge on any atom is -0.482 e. The Balaban J connectivity index is 1.49. The summed E-state index contributed by atoms with van der Waals surface area (Å²) in [4.78, 5) is 28.5. The molecule has 1 N–H and O–H groups in total. The first-order chi connectivity index (χ1) is 13.5. The Hall–Kier alpha value is -3.06. The van der Waals surface area contributed by atoms with Crippen molar-refractivity contribution in [3.63, 3.8) is 0 Å². The van der Waals surface area contributed by atoms with Crippen molar-refractivity contribution in [3.05, 3.63) is 65.5 Å². The molecule has 2 heterocycles. The van der Waals surface area contributed by atoms with E-state index in [9.17, 15) is 9.59 Å². The van der Waals surface area contributed by atoms with Crippen molar-refractivity contribution in [2.75, 3.05) is 17.7 Å².